The smallest absolute Gasteiger partial charge is 0.321 e. The zero-order chi connectivity index (χ0) is 15.0. The lowest BCUT2D eigenvalue weighted by atomic mass is 10.5. The van der Waals surface area contributed by atoms with Gasteiger partial charge >= 0.3 is 6.03 Å². The molecule has 0 saturated carbocycles. The second-order valence-corrected chi connectivity index (χ2v) is 4.63. The van der Waals surface area contributed by atoms with Crippen molar-refractivity contribution in [3.8, 4) is 5.69 Å². The van der Waals surface area contributed by atoms with Crippen molar-refractivity contribution >= 4 is 17.4 Å². The van der Waals surface area contributed by atoms with Gasteiger partial charge in [-0.15, -0.1) is 0 Å². The van der Waals surface area contributed by atoms with Crippen LogP contribution in [0.15, 0.2) is 35.6 Å². The highest BCUT2D eigenvalue weighted by atomic mass is 16.2. The van der Waals surface area contributed by atoms with Gasteiger partial charge in [-0.2, -0.15) is 10.2 Å². The molecule has 0 bridgehead atoms. The summed E-state index contributed by atoms with van der Waals surface area (Å²) in [7, 11) is 3.30. The van der Waals surface area contributed by atoms with Crippen LogP contribution < -0.4 is 10.9 Å². The van der Waals surface area contributed by atoms with E-state index in [9.17, 15) is 9.59 Å². The molecule has 0 saturated heterocycles. The molecule has 0 radical (unpaired) electrons. The molecular formula is C12H13N7O2. The molecule has 3 aromatic heterocycles. The molecule has 0 aliphatic rings. The number of aromatic amines is 1. The van der Waals surface area contributed by atoms with Crippen molar-refractivity contribution in [2.24, 2.45) is 0 Å². The van der Waals surface area contributed by atoms with E-state index in [1.165, 1.54) is 26.4 Å². The number of hydrogen-bond donors (Lipinski definition) is 2. The first-order chi connectivity index (χ1) is 10.0. The molecule has 0 aromatic carbocycles. The topological polar surface area (TPSA) is 100 Å². The van der Waals surface area contributed by atoms with Gasteiger partial charge in [0.1, 0.15) is 5.69 Å². The van der Waals surface area contributed by atoms with Crippen LogP contribution in [0.25, 0.3) is 11.3 Å². The van der Waals surface area contributed by atoms with Gasteiger partial charge in [-0.1, -0.05) is 0 Å². The number of carbonyl (C=O) groups is 1. The van der Waals surface area contributed by atoms with E-state index >= 15 is 0 Å². The van der Waals surface area contributed by atoms with Crippen LogP contribution in [-0.2, 0) is 0 Å². The largest absolute Gasteiger partial charge is 0.331 e. The molecule has 2 N–H and O–H groups in total. The maximum atomic E-state index is 11.6. The van der Waals surface area contributed by atoms with Crippen LogP contribution in [0.5, 0.6) is 0 Å². The molecule has 3 aromatic rings. The Morgan fingerprint density at radius 3 is 2.90 bits per heavy atom. The van der Waals surface area contributed by atoms with Gasteiger partial charge in [0.15, 0.2) is 5.65 Å². The third-order valence-electron chi connectivity index (χ3n) is 2.87. The number of fused-ring (bicyclic) bond motifs is 1. The first-order valence-electron chi connectivity index (χ1n) is 6.14. The zero-order valence-corrected chi connectivity index (χ0v) is 11.4. The quantitative estimate of drug-likeness (QED) is 0.708. The fraction of sp³-hybridized carbons (Fsp3) is 0.167. The molecule has 3 rings (SSSR count). The first-order valence-corrected chi connectivity index (χ1v) is 6.14. The van der Waals surface area contributed by atoms with Crippen molar-refractivity contribution in [1.82, 2.24) is 29.3 Å². The van der Waals surface area contributed by atoms with Crippen LogP contribution >= 0.6 is 0 Å². The first kappa shape index (κ1) is 12.9. The van der Waals surface area contributed by atoms with Gasteiger partial charge in [-0.25, -0.2) is 14.0 Å². The molecule has 3 heterocycles. The van der Waals surface area contributed by atoms with Crippen LogP contribution in [0.1, 0.15) is 0 Å². The minimum atomic E-state index is -0.247. The standard InChI is InChI=1S/C12H13N7O2/c1-17(2)12(21)15-8-5-13-19(7-8)9-6-14-18-4-3-10(20)16-11(9)18/h3-7H,1-2H3,(H,15,21)(H,16,20). The Kier molecular flexibility index (Phi) is 2.94. The van der Waals surface area contributed by atoms with Crippen molar-refractivity contribution in [2.45, 2.75) is 0 Å². The maximum absolute atomic E-state index is 11.6. The van der Waals surface area contributed by atoms with Gasteiger partial charge in [0.05, 0.1) is 24.3 Å². The zero-order valence-electron chi connectivity index (χ0n) is 11.4. The van der Waals surface area contributed by atoms with Gasteiger partial charge < -0.3 is 15.2 Å². The summed E-state index contributed by atoms with van der Waals surface area (Å²) in [4.78, 5) is 27.1. The predicted octanol–water partition coefficient (Wildman–Crippen LogP) is 0.302. The maximum Gasteiger partial charge on any atom is 0.321 e. The highest BCUT2D eigenvalue weighted by Crippen LogP contribution is 2.14. The van der Waals surface area contributed by atoms with E-state index in [2.05, 4.69) is 20.5 Å². The summed E-state index contributed by atoms with van der Waals surface area (Å²) in [6, 6.07) is 1.14. The minimum Gasteiger partial charge on any atom is -0.331 e. The van der Waals surface area contributed by atoms with Crippen LogP contribution in [0.3, 0.4) is 0 Å². The van der Waals surface area contributed by atoms with Gasteiger partial charge in [0.2, 0.25) is 0 Å². The van der Waals surface area contributed by atoms with E-state index in [0.29, 0.717) is 17.0 Å². The Balaban J connectivity index is 1.96. The number of hydrogen-bond acceptors (Lipinski definition) is 4. The van der Waals surface area contributed by atoms with E-state index in [1.54, 1.807) is 32.7 Å². The van der Waals surface area contributed by atoms with Crippen molar-refractivity contribution < 1.29 is 4.79 Å². The molecule has 0 unspecified atom stereocenters. The molecule has 9 heteroatoms. The van der Waals surface area contributed by atoms with Gasteiger partial charge in [-0.05, 0) is 0 Å². The average molecular weight is 287 g/mol. The number of amides is 2. The van der Waals surface area contributed by atoms with Gasteiger partial charge in [0.25, 0.3) is 5.56 Å². The summed E-state index contributed by atoms with van der Waals surface area (Å²) in [5.74, 6) is 0. The summed E-state index contributed by atoms with van der Waals surface area (Å²) < 4.78 is 3.07. The summed E-state index contributed by atoms with van der Waals surface area (Å²) in [5.41, 5.74) is 1.46. The average Bonchev–Trinajstić information content (AvgIpc) is 3.04. The van der Waals surface area contributed by atoms with Crippen LogP contribution in [0, 0.1) is 0 Å². The highest BCUT2D eigenvalue weighted by molar-refractivity contribution is 5.88. The highest BCUT2D eigenvalue weighted by Gasteiger charge is 2.10. The fourth-order valence-corrected chi connectivity index (χ4v) is 1.81. The van der Waals surface area contributed by atoms with E-state index < -0.39 is 0 Å². The van der Waals surface area contributed by atoms with Crippen molar-refractivity contribution in [2.75, 3.05) is 19.4 Å². The number of nitrogens with one attached hydrogen (secondary N) is 2. The van der Waals surface area contributed by atoms with Crippen molar-refractivity contribution in [3.05, 3.63) is 41.2 Å². The van der Waals surface area contributed by atoms with Crippen molar-refractivity contribution in [3.63, 3.8) is 0 Å². The second-order valence-electron chi connectivity index (χ2n) is 4.63. The van der Waals surface area contributed by atoms with Crippen LogP contribution in [-0.4, -0.2) is 49.4 Å². The Bertz CT molecular complexity index is 858. The van der Waals surface area contributed by atoms with Gasteiger partial charge in [0, 0.05) is 26.4 Å². The Hall–Kier alpha value is -3.10. The SMILES string of the molecule is CN(C)C(=O)Nc1cnn(-c2cnn3ccc(=O)[nH]c23)c1. The molecular weight excluding hydrogens is 274 g/mol. The molecule has 0 aliphatic heterocycles. The second kappa shape index (κ2) is 4.78. The molecule has 0 fully saturated rings. The minimum absolute atomic E-state index is 0.224. The summed E-state index contributed by atoms with van der Waals surface area (Å²) in [6.07, 6.45) is 6.31. The number of nitrogens with zero attached hydrogens (tertiary/aromatic N) is 5. The molecule has 0 aliphatic carbocycles. The van der Waals surface area contributed by atoms with Crippen LogP contribution in [0.4, 0.5) is 10.5 Å². The Labute approximate surface area is 118 Å². The number of urea groups is 1. The number of carbonyl (C=O) groups excluding carboxylic acids is 1. The molecule has 108 valence electrons. The Morgan fingerprint density at radius 2 is 2.14 bits per heavy atom. The summed E-state index contributed by atoms with van der Waals surface area (Å²) in [6.45, 7) is 0. The lowest BCUT2D eigenvalue weighted by molar-refractivity contribution is 0.230. The van der Waals surface area contributed by atoms with E-state index in [-0.39, 0.29) is 11.6 Å². The van der Waals surface area contributed by atoms with E-state index in [1.807, 2.05) is 0 Å². The van der Waals surface area contributed by atoms with Crippen LogP contribution in [0.2, 0.25) is 0 Å². The third kappa shape index (κ3) is 2.36. The summed E-state index contributed by atoms with van der Waals surface area (Å²) >= 11 is 0. The number of H-pyrrole nitrogens is 1. The monoisotopic (exact) mass is 287 g/mol. The fourth-order valence-electron chi connectivity index (χ4n) is 1.81. The lowest BCUT2D eigenvalue weighted by Gasteiger charge is -2.09. The molecule has 0 atom stereocenters. The molecule has 2 amide bonds. The molecule has 9 nitrogen and oxygen atoms in total. The van der Waals surface area contributed by atoms with E-state index in [0.717, 1.165) is 0 Å². The number of aromatic nitrogens is 5. The van der Waals surface area contributed by atoms with Crippen molar-refractivity contribution in [1.29, 1.82) is 0 Å². The number of rotatable bonds is 2. The van der Waals surface area contributed by atoms with E-state index in [4.69, 9.17) is 0 Å². The molecule has 21 heavy (non-hydrogen) atoms. The molecule has 0 spiro atoms. The van der Waals surface area contributed by atoms with Gasteiger partial charge in [-0.3, -0.25) is 4.79 Å². The number of anilines is 1. The Morgan fingerprint density at radius 1 is 1.33 bits per heavy atom. The lowest BCUT2D eigenvalue weighted by Crippen LogP contribution is -2.27. The normalized spacial score (nSPS) is 10.8. The third-order valence-corrected chi connectivity index (χ3v) is 2.87. The predicted molar refractivity (Wildman–Crippen MR) is 75.6 cm³/mol. The summed E-state index contributed by atoms with van der Waals surface area (Å²) in [5, 5.41) is 11.0.